The highest BCUT2D eigenvalue weighted by Crippen LogP contribution is 2.25. The number of aromatic amines is 2. The Morgan fingerprint density at radius 3 is 3.05 bits per heavy atom. The molecule has 20 heavy (non-hydrogen) atoms. The van der Waals surface area contributed by atoms with Gasteiger partial charge in [0, 0.05) is 32.1 Å². The molecule has 8 heteroatoms. The molecule has 1 saturated heterocycles. The molecule has 2 aromatic heterocycles. The van der Waals surface area contributed by atoms with Crippen molar-refractivity contribution in [3.63, 3.8) is 0 Å². The highest BCUT2D eigenvalue weighted by atomic mass is 16.5. The Morgan fingerprint density at radius 2 is 2.40 bits per heavy atom. The Labute approximate surface area is 114 Å². The first-order valence-electron chi connectivity index (χ1n) is 6.50. The Kier molecular flexibility index (Phi) is 3.13. The van der Waals surface area contributed by atoms with Crippen LogP contribution in [0.5, 0.6) is 0 Å². The summed E-state index contributed by atoms with van der Waals surface area (Å²) < 4.78 is 4.98. The molecule has 3 heterocycles. The standard InChI is InChI=1S/C12H15N5O3/c1-7-14-10(16-20-7)8-3-2-4-17(6-8)11(18)9-5-13-12(19)15-9/h5,8H,2-4,6H2,1H3,(H2,13,15,19)/t8-/m1/s1. The van der Waals surface area contributed by atoms with Crippen LogP contribution in [0.15, 0.2) is 15.5 Å². The van der Waals surface area contributed by atoms with Crippen LogP contribution in [-0.2, 0) is 0 Å². The van der Waals surface area contributed by atoms with Gasteiger partial charge in [-0.15, -0.1) is 0 Å². The van der Waals surface area contributed by atoms with Crippen LogP contribution < -0.4 is 5.69 Å². The molecule has 1 aliphatic heterocycles. The summed E-state index contributed by atoms with van der Waals surface area (Å²) in [6.07, 6.45) is 3.19. The van der Waals surface area contributed by atoms with Gasteiger partial charge in [-0.2, -0.15) is 4.98 Å². The lowest BCUT2D eigenvalue weighted by atomic mass is 9.97. The molecule has 106 valence electrons. The molecule has 2 aromatic rings. The van der Waals surface area contributed by atoms with Crippen LogP contribution >= 0.6 is 0 Å². The number of carbonyl (C=O) groups excluding carboxylic acids is 1. The monoisotopic (exact) mass is 277 g/mol. The van der Waals surface area contributed by atoms with E-state index in [0.717, 1.165) is 12.8 Å². The van der Waals surface area contributed by atoms with Crippen LogP contribution in [0.4, 0.5) is 0 Å². The first-order chi connectivity index (χ1) is 9.63. The summed E-state index contributed by atoms with van der Waals surface area (Å²) in [7, 11) is 0. The number of carbonyl (C=O) groups is 1. The highest BCUT2D eigenvalue weighted by molar-refractivity contribution is 5.92. The fraction of sp³-hybridized carbons (Fsp3) is 0.500. The lowest BCUT2D eigenvalue weighted by Crippen LogP contribution is -2.39. The van der Waals surface area contributed by atoms with Crippen molar-refractivity contribution >= 4 is 5.91 Å². The average Bonchev–Trinajstić information content (AvgIpc) is 3.07. The number of imidazole rings is 1. The van der Waals surface area contributed by atoms with Gasteiger partial charge in [-0.25, -0.2) is 4.79 Å². The molecule has 0 spiro atoms. The van der Waals surface area contributed by atoms with Crippen LogP contribution in [0, 0.1) is 6.92 Å². The van der Waals surface area contributed by atoms with Crippen LogP contribution in [0.1, 0.15) is 41.0 Å². The molecule has 0 bridgehead atoms. The van der Waals surface area contributed by atoms with Gasteiger partial charge >= 0.3 is 5.69 Å². The third kappa shape index (κ3) is 2.36. The van der Waals surface area contributed by atoms with Crippen molar-refractivity contribution in [2.75, 3.05) is 13.1 Å². The molecule has 1 amide bonds. The van der Waals surface area contributed by atoms with Crippen molar-refractivity contribution in [3.8, 4) is 0 Å². The molecule has 2 N–H and O–H groups in total. The number of rotatable bonds is 2. The van der Waals surface area contributed by atoms with Crippen molar-refractivity contribution in [2.24, 2.45) is 0 Å². The van der Waals surface area contributed by atoms with Crippen molar-refractivity contribution in [2.45, 2.75) is 25.7 Å². The van der Waals surface area contributed by atoms with Gasteiger partial charge in [0.15, 0.2) is 5.82 Å². The molecule has 1 atom stereocenters. The third-order valence-electron chi connectivity index (χ3n) is 3.44. The second-order valence-corrected chi connectivity index (χ2v) is 4.92. The molecule has 0 unspecified atom stereocenters. The second-order valence-electron chi connectivity index (χ2n) is 4.92. The molecular weight excluding hydrogens is 262 g/mol. The summed E-state index contributed by atoms with van der Waals surface area (Å²) in [5, 5.41) is 3.92. The number of aromatic nitrogens is 4. The number of likely N-dealkylation sites (tertiary alicyclic amines) is 1. The Morgan fingerprint density at radius 1 is 1.55 bits per heavy atom. The molecule has 0 aromatic carbocycles. The maximum atomic E-state index is 12.3. The van der Waals surface area contributed by atoms with Crippen LogP contribution in [0.2, 0.25) is 0 Å². The minimum absolute atomic E-state index is 0.0795. The van der Waals surface area contributed by atoms with Crippen molar-refractivity contribution < 1.29 is 9.32 Å². The van der Waals surface area contributed by atoms with Crippen molar-refractivity contribution in [3.05, 3.63) is 34.1 Å². The van der Waals surface area contributed by atoms with Crippen LogP contribution in [0.3, 0.4) is 0 Å². The first-order valence-corrected chi connectivity index (χ1v) is 6.50. The smallest absolute Gasteiger partial charge is 0.323 e. The second kappa shape index (κ2) is 4.95. The van der Waals surface area contributed by atoms with E-state index in [1.54, 1.807) is 11.8 Å². The summed E-state index contributed by atoms with van der Waals surface area (Å²) in [4.78, 5) is 34.2. The summed E-state index contributed by atoms with van der Waals surface area (Å²) in [5.41, 5.74) is -0.101. The fourth-order valence-electron chi connectivity index (χ4n) is 2.47. The minimum atomic E-state index is -0.379. The van der Waals surface area contributed by atoms with Gasteiger partial charge < -0.3 is 19.4 Å². The zero-order chi connectivity index (χ0) is 14.1. The van der Waals surface area contributed by atoms with Gasteiger partial charge in [0.25, 0.3) is 5.91 Å². The number of aryl methyl sites for hydroxylation is 1. The molecular formula is C12H15N5O3. The first kappa shape index (κ1) is 12.6. The summed E-state index contributed by atoms with van der Waals surface area (Å²) in [6, 6.07) is 0. The summed E-state index contributed by atoms with van der Waals surface area (Å²) in [6.45, 7) is 2.94. The van der Waals surface area contributed by atoms with Crippen molar-refractivity contribution in [1.82, 2.24) is 25.0 Å². The van der Waals surface area contributed by atoms with E-state index < -0.39 is 0 Å². The number of H-pyrrole nitrogens is 2. The van der Waals surface area contributed by atoms with Gasteiger partial charge in [0.2, 0.25) is 5.89 Å². The maximum Gasteiger partial charge on any atom is 0.323 e. The van der Waals surface area contributed by atoms with E-state index in [1.807, 2.05) is 0 Å². The quantitative estimate of drug-likeness (QED) is 0.826. The molecule has 1 fully saturated rings. The third-order valence-corrected chi connectivity index (χ3v) is 3.44. The van der Waals surface area contributed by atoms with E-state index in [4.69, 9.17) is 4.52 Å². The number of amides is 1. The Hall–Kier alpha value is -2.38. The van der Waals surface area contributed by atoms with Gasteiger partial charge in [-0.05, 0) is 12.8 Å². The zero-order valence-corrected chi connectivity index (χ0v) is 11.0. The predicted molar refractivity (Wildman–Crippen MR) is 68.3 cm³/mol. The van der Waals surface area contributed by atoms with Gasteiger partial charge in [-0.3, -0.25) is 4.79 Å². The largest absolute Gasteiger partial charge is 0.340 e. The molecule has 0 saturated carbocycles. The number of nitrogens with zero attached hydrogens (tertiary/aromatic N) is 3. The van der Waals surface area contributed by atoms with E-state index in [1.165, 1.54) is 6.20 Å². The number of hydrogen-bond donors (Lipinski definition) is 2. The SMILES string of the molecule is Cc1nc([C@@H]2CCCN(C(=O)c3c[nH]c(=O)[nH]3)C2)no1. The lowest BCUT2D eigenvalue weighted by Gasteiger charge is -2.30. The van der Waals surface area contributed by atoms with E-state index >= 15 is 0 Å². The Bertz CT molecular complexity index is 670. The van der Waals surface area contributed by atoms with Crippen molar-refractivity contribution in [1.29, 1.82) is 0 Å². The van der Waals surface area contributed by atoms with Gasteiger partial charge in [0.1, 0.15) is 5.69 Å². The zero-order valence-electron chi connectivity index (χ0n) is 11.0. The maximum absolute atomic E-state index is 12.3. The van der Waals surface area contributed by atoms with Crippen LogP contribution in [-0.4, -0.2) is 44.0 Å². The van der Waals surface area contributed by atoms with E-state index in [9.17, 15) is 9.59 Å². The molecule has 1 aliphatic rings. The van der Waals surface area contributed by atoms with Crippen LogP contribution in [0.25, 0.3) is 0 Å². The molecule has 0 aliphatic carbocycles. The topological polar surface area (TPSA) is 108 Å². The number of piperidine rings is 1. The molecule has 8 nitrogen and oxygen atoms in total. The Balaban J connectivity index is 1.75. The molecule has 0 radical (unpaired) electrons. The fourth-order valence-corrected chi connectivity index (χ4v) is 2.47. The average molecular weight is 277 g/mol. The number of nitrogens with one attached hydrogen (secondary N) is 2. The van der Waals surface area contributed by atoms with Gasteiger partial charge in [-0.1, -0.05) is 5.16 Å². The highest BCUT2D eigenvalue weighted by Gasteiger charge is 2.28. The van der Waals surface area contributed by atoms with E-state index in [0.29, 0.717) is 24.8 Å². The lowest BCUT2D eigenvalue weighted by molar-refractivity contribution is 0.0698. The normalized spacial score (nSPS) is 19.2. The van der Waals surface area contributed by atoms with E-state index in [2.05, 4.69) is 20.1 Å². The summed E-state index contributed by atoms with van der Waals surface area (Å²) >= 11 is 0. The predicted octanol–water partition coefficient (Wildman–Crippen LogP) is 0.414. The summed E-state index contributed by atoms with van der Waals surface area (Å²) in [5.74, 6) is 1.06. The minimum Gasteiger partial charge on any atom is -0.340 e. The number of hydrogen-bond acceptors (Lipinski definition) is 5. The van der Waals surface area contributed by atoms with E-state index in [-0.39, 0.29) is 23.2 Å². The van der Waals surface area contributed by atoms with Gasteiger partial charge in [0.05, 0.1) is 0 Å². The molecule has 3 rings (SSSR count).